The van der Waals surface area contributed by atoms with Gasteiger partial charge in [0.25, 0.3) is 0 Å². The molecule has 0 fully saturated rings. The first-order chi connectivity index (χ1) is 4.66. The quantitative estimate of drug-likeness (QED) is 0.614. The van der Waals surface area contributed by atoms with E-state index in [1.807, 2.05) is 0 Å². The standard InChI is InChI=1S/C8H18ClN/c1-7(2)4-5-10-8(3)6-9/h7-8,10H,4-6H2,1-3H3. The van der Waals surface area contributed by atoms with E-state index in [0.29, 0.717) is 11.9 Å². The molecular weight excluding hydrogens is 146 g/mol. The lowest BCUT2D eigenvalue weighted by molar-refractivity contribution is 0.506. The second kappa shape index (κ2) is 5.99. The minimum atomic E-state index is 0.459. The summed E-state index contributed by atoms with van der Waals surface area (Å²) in [6.07, 6.45) is 1.24. The van der Waals surface area contributed by atoms with Crippen LogP contribution in [0.15, 0.2) is 0 Å². The van der Waals surface area contributed by atoms with Crippen LogP contribution in [0.25, 0.3) is 0 Å². The number of rotatable bonds is 5. The number of halogens is 1. The highest BCUT2D eigenvalue weighted by atomic mass is 35.5. The van der Waals surface area contributed by atoms with Gasteiger partial charge in [0, 0.05) is 11.9 Å². The number of hydrogen-bond acceptors (Lipinski definition) is 1. The predicted molar refractivity (Wildman–Crippen MR) is 47.6 cm³/mol. The molecule has 1 nitrogen and oxygen atoms in total. The van der Waals surface area contributed by atoms with E-state index >= 15 is 0 Å². The predicted octanol–water partition coefficient (Wildman–Crippen LogP) is 2.25. The highest BCUT2D eigenvalue weighted by molar-refractivity contribution is 6.18. The summed E-state index contributed by atoms with van der Waals surface area (Å²) in [5.41, 5.74) is 0. The van der Waals surface area contributed by atoms with Gasteiger partial charge in [-0.2, -0.15) is 0 Å². The molecule has 0 spiro atoms. The monoisotopic (exact) mass is 163 g/mol. The van der Waals surface area contributed by atoms with E-state index in [2.05, 4.69) is 26.1 Å². The van der Waals surface area contributed by atoms with Crippen molar-refractivity contribution in [1.82, 2.24) is 5.32 Å². The van der Waals surface area contributed by atoms with Crippen molar-refractivity contribution in [3.8, 4) is 0 Å². The molecule has 0 heterocycles. The smallest absolute Gasteiger partial charge is 0.0374 e. The third-order valence-corrected chi connectivity index (χ3v) is 1.91. The molecule has 0 bridgehead atoms. The summed E-state index contributed by atoms with van der Waals surface area (Å²) < 4.78 is 0. The normalized spacial score (nSPS) is 14.1. The van der Waals surface area contributed by atoms with Crippen LogP contribution in [0.3, 0.4) is 0 Å². The lowest BCUT2D eigenvalue weighted by atomic mass is 10.1. The Morgan fingerprint density at radius 2 is 1.90 bits per heavy atom. The van der Waals surface area contributed by atoms with Crippen molar-refractivity contribution in [2.45, 2.75) is 33.2 Å². The van der Waals surface area contributed by atoms with Crippen LogP contribution in [0.2, 0.25) is 0 Å². The summed E-state index contributed by atoms with van der Waals surface area (Å²) in [7, 11) is 0. The number of alkyl halides is 1. The van der Waals surface area contributed by atoms with Gasteiger partial charge in [-0.1, -0.05) is 13.8 Å². The van der Waals surface area contributed by atoms with Crippen LogP contribution in [0.4, 0.5) is 0 Å². The van der Waals surface area contributed by atoms with Gasteiger partial charge in [0.2, 0.25) is 0 Å². The molecule has 1 N–H and O–H groups in total. The highest BCUT2D eigenvalue weighted by Crippen LogP contribution is 1.97. The molecule has 0 rings (SSSR count). The second-order valence-electron chi connectivity index (χ2n) is 3.19. The number of hydrogen-bond donors (Lipinski definition) is 1. The van der Waals surface area contributed by atoms with Crippen molar-refractivity contribution >= 4 is 11.6 Å². The van der Waals surface area contributed by atoms with Gasteiger partial charge in [-0.3, -0.25) is 0 Å². The molecule has 1 atom stereocenters. The summed E-state index contributed by atoms with van der Waals surface area (Å²) in [6.45, 7) is 7.65. The Hall–Kier alpha value is 0.250. The van der Waals surface area contributed by atoms with Gasteiger partial charge in [0.1, 0.15) is 0 Å². The third kappa shape index (κ3) is 6.37. The first-order valence-corrected chi connectivity index (χ1v) is 4.49. The van der Waals surface area contributed by atoms with E-state index in [1.54, 1.807) is 0 Å². The largest absolute Gasteiger partial charge is 0.313 e. The van der Waals surface area contributed by atoms with Crippen molar-refractivity contribution in [3.05, 3.63) is 0 Å². The van der Waals surface area contributed by atoms with Gasteiger partial charge in [0.05, 0.1) is 0 Å². The zero-order valence-electron chi connectivity index (χ0n) is 7.15. The van der Waals surface area contributed by atoms with Crippen LogP contribution in [0.1, 0.15) is 27.2 Å². The van der Waals surface area contributed by atoms with Crippen LogP contribution in [0.5, 0.6) is 0 Å². The van der Waals surface area contributed by atoms with Crippen molar-refractivity contribution in [3.63, 3.8) is 0 Å². The summed E-state index contributed by atoms with van der Waals surface area (Å²) in [5, 5.41) is 3.33. The Labute approximate surface area is 69.1 Å². The van der Waals surface area contributed by atoms with Crippen molar-refractivity contribution in [1.29, 1.82) is 0 Å². The van der Waals surface area contributed by atoms with E-state index < -0.39 is 0 Å². The molecule has 0 aromatic heterocycles. The topological polar surface area (TPSA) is 12.0 Å². The molecule has 62 valence electrons. The van der Waals surface area contributed by atoms with Crippen molar-refractivity contribution < 1.29 is 0 Å². The molecule has 0 saturated carbocycles. The van der Waals surface area contributed by atoms with Gasteiger partial charge in [0.15, 0.2) is 0 Å². The zero-order chi connectivity index (χ0) is 7.98. The molecular formula is C8H18ClN. The van der Waals surface area contributed by atoms with Crippen LogP contribution >= 0.6 is 11.6 Å². The Morgan fingerprint density at radius 1 is 1.30 bits per heavy atom. The van der Waals surface area contributed by atoms with E-state index in [0.717, 1.165) is 12.5 Å². The van der Waals surface area contributed by atoms with Crippen molar-refractivity contribution in [2.75, 3.05) is 12.4 Å². The maximum atomic E-state index is 5.60. The summed E-state index contributed by atoms with van der Waals surface area (Å²) in [6, 6.07) is 0.459. The molecule has 0 amide bonds. The Kier molecular flexibility index (Phi) is 6.14. The minimum Gasteiger partial charge on any atom is -0.313 e. The van der Waals surface area contributed by atoms with Crippen LogP contribution in [-0.2, 0) is 0 Å². The maximum Gasteiger partial charge on any atom is 0.0374 e. The molecule has 0 aliphatic carbocycles. The van der Waals surface area contributed by atoms with Gasteiger partial charge >= 0.3 is 0 Å². The lowest BCUT2D eigenvalue weighted by Gasteiger charge is -2.10. The average molecular weight is 164 g/mol. The van der Waals surface area contributed by atoms with Gasteiger partial charge < -0.3 is 5.32 Å². The molecule has 1 unspecified atom stereocenters. The third-order valence-electron chi connectivity index (χ3n) is 1.45. The molecule has 0 aliphatic rings. The zero-order valence-corrected chi connectivity index (χ0v) is 7.91. The molecule has 0 aliphatic heterocycles. The van der Waals surface area contributed by atoms with Crippen LogP contribution in [0, 0.1) is 5.92 Å². The molecule has 0 radical (unpaired) electrons. The first kappa shape index (κ1) is 10.2. The lowest BCUT2D eigenvalue weighted by Crippen LogP contribution is -2.28. The fraction of sp³-hybridized carbons (Fsp3) is 1.00. The fourth-order valence-electron chi connectivity index (χ4n) is 0.673. The van der Waals surface area contributed by atoms with E-state index in [9.17, 15) is 0 Å². The Balaban J connectivity index is 3.03. The second-order valence-corrected chi connectivity index (χ2v) is 3.50. The molecule has 0 aromatic carbocycles. The summed E-state index contributed by atoms with van der Waals surface area (Å²) in [4.78, 5) is 0. The SMILES string of the molecule is CC(C)CCNC(C)CCl. The molecule has 0 aromatic rings. The number of nitrogens with one attached hydrogen (secondary N) is 1. The first-order valence-electron chi connectivity index (χ1n) is 3.96. The molecule has 2 heteroatoms. The van der Waals surface area contributed by atoms with Crippen molar-refractivity contribution in [2.24, 2.45) is 5.92 Å². The van der Waals surface area contributed by atoms with E-state index in [4.69, 9.17) is 11.6 Å². The maximum absolute atomic E-state index is 5.60. The molecule has 0 saturated heterocycles. The Bertz CT molecular complexity index is 73.7. The van der Waals surface area contributed by atoms with E-state index in [-0.39, 0.29) is 0 Å². The van der Waals surface area contributed by atoms with E-state index in [1.165, 1.54) is 6.42 Å². The average Bonchev–Trinajstić information content (AvgIpc) is 1.87. The summed E-state index contributed by atoms with van der Waals surface area (Å²) >= 11 is 5.60. The Morgan fingerprint density at radius 3 is 2.30 bits per heavy atom. The molecule has 10 heavy (non-hydrogen) atoms. The van der Waals surface area contributed by atoms with Crippen LogP contribution < -0.4 is 5.32 Å². The van der Waals surface area contributed by atoms with Crippen LogP contribution in [-0.4, -0.2) is 18.5 Å². The van der Waals surface area contributed by atoms with Gasteiger partial charge in [-0.25, -0.2) is 0 Å². The summed E-state index contributed by atoms with van der Waals surface area (Å²) in [5.74, 6) is 1.49. The highest BCUT2D eigenvalue weighted by Gasteiger charge is 1.98. The van der Waals surface area contributed by atoms with Gasteiger partial charge in [-0.15, -0.1) is 11.6 Å². The fourth-order valence-corrected chi connectivity index (χ4v) is 0.782. The minimum absolute atomic E-state index is 0.459. The van der Waals surface area contributed by atoms with Gasteiger partial charge in [-0.05, 0) is 25.8 Å².